The molecule has 3 N–H and O–H groups in total. The standard InChI is InChI=1S/C18H28N2O3/c1-4-6-13-10-16(13)20-18(22)19-11-17(21)14-7-5-8-15(9-14)23-12(2)3/h5,7-9,12-13,16-17,21H,4,6,10-11H2,1-3H3,(H2,19,20,22). The topological polar surface area (TPSA) is 70.6 Å². The molecular weight excluding hydrogens is 292 g/mol. The Balaban J connectivity index is 1.76. The van der Waals surface area contributed by atoms with Gasteiger partial charge >= 0.3 is 6.03 Å². The number of hydrogen-bond donors (Lipinski definition) is 3. The van der Waals surface area contributed by atoms with Crippen LogP contribution in [-0.4, -0.2) is 29.8 Å². The molecule has 0 heterocycles. The first-order valence-corrected chi connectivity index (χ1v) is 8.48. The van der Waals surface area contributed by atoms with Crippen molar-refractivity contribution < 1.29 is 14.6 Å². The van der Waals surface area contributed by atoms with Crippen molar-refractivity contribution >= 4 is 6.03 Å². The van der Waals surface area contributed by atoms with E-state index < -0.39 is 6.10 Å². The highest BCUT2D eigenvalue weighted by atomic mass is 16.5. The van der Waals surface area contributed by atoms with Gasteiger partial charge in [0.2, 0.25) is 0 Å². The second-order valence-electron chi connectivity index (χ2n) is 6.50. The molecule has 5 heteroatoms. The Morgan fingerprint density at radius 2 is 2.22 bits per heavy atom. The molecule has 2 amide bonds. The van der Waals surface area contributed by atoms with Crippen molar-refractivity contribution in [3.63, 3.8) is 0 Å². The number of aliphatic hydroxyl groups excluding tert-OH is 1. The van der Waals surface area contributed by atoms with Crippen LogP contribution in [0.1, 0.15) is 51.7 Å². The van der Waals surface area contributed by atoms with E-state index in [4.69, 9.17) is 4.74 Å². The van der Waals surface area contributed by atoms with Gasteiger partial charge in [-0.2, -0.15) is 0 Å². The summed E-state index contributed by atoms with van der Waals surface area (Å²) in [7, 11) is 0. The van der Waals surface area contributed by atoms with Gasteiger partial charge in [0.05, 0.1) is 12.2 Å². The number of ether oxygens (including phenoxy) is 1. The highest BCUT2D eigenvalue weighted by Crippen LogP contribution is 2.34. The zero-order chi connectivity index (χ0) is 16.8. The Kier molecular flexibility index (Phi) is 6.28. The van der Waals surface area contributed by atoms with Crippen LogP contribution in [0.3, 0.4) is 0 Å². The normalized spacial score (nSPS) is 20.9. The van der Waals surface area contributed by atoms with Gasteiger partial charge in [-0.1, -0.05) is 25.5 Å². The van der Waals surface area contributed by atoms with Crippen LogP contribution >= 0.6 is 0 Å². The van der Waals surface area contributed by atoms with Crippen LogP contribution < -0.4 is 15.4 Å². The molecule has 0 aromatic heterocycles. The predicted molar refractivity (Wildman–Crippen MR) is 90.5 cm³/mol. The summed E-state index contributed by atoms with van der Waals surface area (Å²) in [4.78, 5) is 11.8. The third kappa shape index (κ3) is 5.75. The van der Waals surface area contributed by atoms with Crippen LogP contribution in [0.25, 0.3) is 0 Å². The smallest absolute Gasteiger partial charge is 0.315 e. The number of carbonyl (C=O) groups excluding carboxylic acids is 1. The van der Waals surface area contributed by atoms with E-state index in [-0.39, 0.29) is 18.7 Å². The Labute approximate surface area is 138 Å². The van der Waals surface area contributed by atoms with Crippen LogP contribution in [-0.2, 0) is 0 Å². The second kappa shape index (κ2) is 8.20. The molecule has 5 nitrogen and oxygen atoms in total. The minimum atomic E-state index is -0.748. The van der Waals surface area contributed by atoms with Gasteiger partial charge in [0.15, 0.2) is 0 Å². The van der Waals surface area contributed by atoms with Crippen LogP contribution in [0.2, 0.25) is 0 Å². The molecule has 1 aromatic rings. The van der Waals surface area contributed by atoms with Gasteiger partial charge in [-0.3, -0.25) is 0 Å². The summed E-state index contributed by atoms with van der Waals surface area (Å²) in [5.74, 6) is 1.35. The van der Waals surface area contributed by atoms with E-state index in [1.54, 1.807) is 0 Å². The maximum Gasteiger partial charge on any atom is 0.315 e. The highest BCUT2D eigenvalue weighted by Gasteiger charge is 2.37. The fourth-order valence-corrected chi connectivity index (χ4v) is 2.71. The molecule has 0 radical (unpaired) electrons. The van der Waals surface area contributed by atoms with Crippen molar-refractivity contribution in [3.8, 4) is 5.75 Å². The number of urea groups is 1. The third-order valence-electron chi connectivity index (χ3n) is 3.97. The first-order chi connectivity index (χ1) is 11.0. The number of benzene rings is 1. The number of rotatable bonds is 8. The lowest BCUT2D eigenvalue weighted by atomic mass is 10.1. The largest absolute Gasteiger partial charge is 0.491 e. The molecule has 23 heavy (non-hydrogen) atoms. The molecule has 3 unspecified atom stereocenters. The first-order valence-electron chi connectivity index (χ1n) is 8.48. The molecule has 1 aromatic carbocycles. The maximum absolute atomic E-state index is 11.8. The quantitative estimate of drug-likeness (QED) is 0.689. The van der Waals surface area contributed by atoms with Crippen molar-refractivity contribution in [2.45, 2.75) is 58.3 Å². The zero-order valence-corrected chi connectivity index (χ0v) is 14.2. The summed E-state index contributed by atoms with van der Waals surface area (Å²) >= 11 is 0. The predicted octanol–water partition coefficient (Wildman–Crippen LogP) is 3.00. The van der Waals surface area contributed by atoms with Crippen molar-refractivity contribution in [2.75, 3.05) is 6.54 Å². The number of hydrogen-bond acceptors (Lipinski definition) is 3. The highest BCUT2D eigenvalue weighted by molar-refractivity contribution is 5.74. The van der Waals surface area contributed by atoms with Crippen LogP contribution in [0.5, 0.6) is 5.75 Å². The Morgan fingerprint density at radius 1 is 1.43 bits per heavy atom. The SMILES string of the molecule is CCCC1CC1NC(=O)NCC(O)c1cccc(OC(C)C)c1. The average molecular weight is 320 g/mol. The summed E-state index contributed by atoms with van der Waals surface area (Å²) in [5.41, 5.74) is 0.735. The van der Waals surface area contributed by atoms with E-state index >= 15 is 0 Å². The van der Waals surface area contributed by atoms with Crippen LogP contribution in [0.15, 0.2) is 24.3 Å². The molecule has 0 bridgehead atoms. The molecule has 1 saturated carbocycles. The fraction of sp³-hybridized carbons (Fsp3) is 0.611. The number of amides is 2. The van der Waals surface area contributed by atoms with Gasteiger partial charge in [0.25, 0.3) is 0 Å². The number of aliphatic hydroxyl groups is 1. The number of carbonyl (C=O) groups is 1. The van der Waals surface area contributed by atoms with Gasteiger partial charge in [-0.05, 0) is 50.3 Å². The van der Waals surface area contributed by atoms with E-state index in [9.17, 15) is 9.90 Å². The molecule has 1 fully saturated rings. The maximum atomic E-state index is 11.8. The molecule has 0 saturated heterocycles. The van der Waals surface area contributed by atoms with Gasteiger partial charge in [0, 0.05) is 12.6 Å². The van der Waals surface area contributed by atoms with Gasteiger partial charge in [0.1, 0.15) is 5.75 Å². The van der Waals surface area contributed by atoms with E-state index in [0.717, 1.165) is 30.6 Å². The lowest BCUT2D eigenvalue weighted by Crippen LogP contribution is -2.39. The summed E-state index contributed by atoms with van der Waals surface area (Å²) in [5, 5.41) is 15.9. The van der Waals surface area contributed by atoms with Crippen molar-refractivity contribution in [1.29, 1.82) is 0 Å². The summed E-state index contributed by atoms with van der Waals surface area (Å²) < 4.78 is 5.62. The van der Waals surface area contributed by atoms with Gasteiger partial charge in [-0.25, -0.2) is 4.79 Å². The Morgan fingerprint density at radius 3 is 2.91 bits per heavy atom. The van der Waals surface area contributed by atoms with E-state index in [2.05, 4.69) is 17.6 Å². The molecule has 2 rings (SSSR count). The summed E-state index contributed by atoms with van der Waals surface area (Å²) in [6.45, 7) is 6.25. The van der Waals surface area contributed by atoms with Gasteiger partial charge < -0.3 is 20.5 Å². The summed E-state index contributed by atoms with van der Waals surface area (Å²) in [6.07, 6.45) is 2.72. The van der Waals surface area contributed by atoms with Crippen molar-refractivity contribution in [1.82, 2.24) is 10.6 Å². The van der Waals surface area contributed by atoms with E-state index in [1.165, 1.54) is 0 Å². The molecule has 0 aliphatic heterocycles. The van der Waals surface area contributed by atoms with Gasteiger partial charge in [-0.15, -0.1) is 0 Å². The second-order valence-corrected chi connectivity index (χ2v) is 6.50. The Hall–Kier alpha value is -1.75. The fourth-order valence-electron chi connectivity index (χ4n) is 2.71. The minimum absolute atomic E-state index is 0.0842. The summed E-state index contributed by atoms with van der Waals surface area (Å²) in [6, 6.07) is 7.43. The molecular formula is C18H28N2O3. The zero-order valence-electron chi connectivity index (χ0n) is 14.2. The van der Waals surface area contributed by atoms with Crippen LogP contribution in [0.4, 0.5) is 4.79 Å². The Bertz CT molecular complexity index is 519. The first kappa shape index (κ1) is 17.6. The average Bonchev–Trinajstić information content (AvgIpc) is 3.22. The molecule has 0 spiro atoms. The monoisotopic (exact) mass is 320 g/mol. The van der Waals surface area contributed by atoms with Crippen molar-refractivity contribution in [2.24, 2.45) is 5.92 Å². The molecule has 1 aliphatic rings. The lowest BCUT2D eigenvalue weighted by Gasteiger charge is -2.15. The molecule has 1 aliphatic carbocycles. The van der Waals surface area contributed by atoms with Crippen LogP contribution in [0, 0.1) is 5.92 Å². The molecule has 128 valence electrons. The molecule has 3 atom stereocenters. The minimum Gasteiger partial charge on any atom is -0.491 e. The third-order valence-corrected chi connectivity index (χ3v) is 3.97. The van der Waals surface area contributed by atoms with E-state index in [0.29, 0.717) is 12.0 Å². The number of nitrogens with one attached hydrogen (secondary N) is 2. The lowest BCUT2D eigenvalue weighted by molar-refractivity contribution is 0.172. The van der Waals surface area contributed by atoms with Crippen molar-refractivity contribution in [3.05, 3.63) is 29.8 Å². The van der Waals surface area contributed by atoms with E-state index in [1.807, 2.05) is 38.1 Å².